The number of carbonyl (C=O) groups excluding carboxylic acids is 1. The SMILES string of the molecule is N#Cc1c(N2CCC(NC(=O)C3CCCN3)C2)sc2c1CCCC2. The predicted octanol–water partition coefficient (Wildman–Crippen LogP) is 1.95. The molecule has 0 aromatic carbocycles. The number of hydrogen-bond donors (Lipinski definition) is 2. The number of hydrogen-bond acceptors (Lipinski definition) is 5. The van der Waals surface area contributed by atoms with E-state index < -0.39 is 0 Å². The third-order valence-electron chi connectivity index (χ3n) is 5.46. The second kappa shape index (κ2) is 6.73. The van der Waals surface area contributed by atoms with Crippen molar-refractivity contribution in [1.82, 2.24) is 10.6 Å². The summed E-state index contributed by atoms with van der Waals surface area (Å²) < 4.78 is 0. The van der Waals surface area contributed by atoms with Crippen molar-refractivity contribution in [3.63, 3.8) is 0 Å². The molecule has 0 bridgehead atoms. The first-order valence-electron chi connectivity index (χ1n) is 9.09. The zero-order valence-electron chi connectivity index (χ0n) is 13.9. The van der Waals surface area contributed by atoms with E-state index in [1.165, 1.54) is 23.3 Å². The third-order valence-corrected chi connectivity index (χ3v) is 6.82. The van der Waals surface area contributed by atoms with E-state index in [2.05, 4.69) is 21.6 Å². The Bertz CT molecular complexity index is 671. The van der Waals surface area contributed by atoms with Gasteiger partial charge in [0.1, 0.15) is 11.1 Å². The minimum Gasteiger partial charge on any atom is -0.360 e. The first-order valence-corrected chi connectivity index (χ1v) is 9.91. The highest BCUT2D eigenvalue weighted by Gasteiger charge is 2.31. The number of nitriles is 1. The van der Waals surface area contributed by atoms with Crippen LogP contribution >= 0.6 is 11.3 Å². The number of thiophene rings is 1. The molecule has 0 saturated carbocycles. The summed E-state index contributed by atoms with van der Waals surface area (Å²) in [4.78, 5) is 16.0. The fourth-order valence-electron chi connectivity index (χ4n) is 4.16. The van der Waals surface area contributed by atoms with Crippen molar-refractivity contribution in [1.29, 1.82) is 5.26 Å². The van der Waals surface area contributed by atoms with Crippen LogP contribution in [0.15, 0.2) is 0 Å². The molecule has 0 radical (unpaired) electrons. The van der Waals surface area contributed by atoms with E-state index >= 15 is 0 Å². The Hall–Kier alpha value is -1.58. The lowest BCUT2D eigenvalue weighted by Gasteiger charge is -2.19. The monoisotopic (exact) mass is 344 g/mol. The van der Waals surface area contributed by atoms with Gasteiger partial charge in [-0.15, -0.1) is 11.3 Å². The number of nitrogens with one attached hydrogen (secondary N) is 2. The van der Waals surface area contributed by atoms with Gasteiger partial charge in [0, 0.05) is 24.0 Å². The van der Waals surface area contributed by atoms with Crippen LogP contribution in [0.25, 0.3) is 0 Å². The van der Waals surface area contributed by atoms with Crippen molar-refractivity contribution in [3.05, 3.63) is 16.0 Å². The average Bonchev–Trinajstić information content (AvgIpc) is 3.33. The zero-order chi connectivity index (χ0) is 16.5. The Morgan fingerprint density at radius 3 is 2.96 bits per heavy atom. The Labute approximate surface area is 147 Å². The van der Waals surface area contributed by atoms with E-state index in [1.54, 1.807) is 0 Å². The minimum absolute atomic E-state index is 0.0113. The maximum Gasteiger partial charge on any atom is 0.237 e. The Morgan fingerprint density at radius 1 is 1.29 bits per heavy atom. The minimum atomic E-state index is -0.0113. The van der Waals surface area contributed by atoms with Crippen molar-refractivity contribution >= 4 is 22.2 Å². The molecule has 3 aliphatic rings. The van der Waals surface area contributed by atoms with Crippen LogP contribution in [-0.4, -0.2) is 37.6 Å². The van der Waals surface area contributed by atoms with Crippen molar-refractivity contribution < 1.29 is 4.79 Å². The van der Waals surface area contributed by atoms with Gasteiger partial charge in [-0.05, 0) is 57.1 Å². The van der Waals surface area contributed by atoms with Crippen LogP contribution in [0.5, 0.6) is 0 Å². The molecule has 1 amide bonds. The molecule has 2 aliphatic heterocycles. The standard InChI is InChI=1S/C18H24N4OS/c19-10-14-13-4-1-2-6-16(13)24-18(14)22-9-7-12(11-22)21-17(23)15-5-3-8-20-15/h12,15,20H,1-9,11H2,(H,21,23). The summed E-state index contributed by atoms with van der Waals surface area (Å²) in [5.41, 5.74) is 2.20. The van der Waals surface area contributed by atoms with E-state index in [1.807, 2.05) is 11.3 Å². The van der Waals surface area contributed by atoms with E-state index in [0.29, 0.717) is 0 Å². The number of nitrogens with zero attached hydrogens (tertiary/aromatic N) is 2. The van der Waals surface area contributed by atoms with Crippen molar-refractivity contribution in [2.75, 3.05) is 24.5 Å². The highest BCUT2D eigenvalue weighted by Crippen LogP contribution is 2.40. The molecular weight excluding hydrogens is 320 g/mol. The fourth-order valence-corrected chi connectivity index (χ4v) is 5.54. The van der Waals surface area contributed by atoms with Crippen molar-refractivity contribution in [2.24, 2.45) is 0 Å². The van der Waals surface area contributed by atoms with Crippen molar-refractivity contribution in [3.8, 4) is 6.07 Å². The van der Waals surface area contributed by atoms with Crippen LogP contribution in [0, 0.1) is 11.3 Å². The quantitative estimate of drug-likeness (QED) is 0.879. The topological polar surface area (TPSA) is 68.2 Å². The van der Waals surface area contributed by atoms with Gasteiger partial charge in [-0.3, -0.25) is 4.79 Å². The summed E-state index contributed by atoms with van der Waals surface area (Å²) in [6.07, 6.45) is 7.60. The Kier molecular flexibility index (Phi) is 4.47. The summed E-state index contributed by atoms with van der Waals surface area (Å²) in [5.74, 6) is 0.144. The number of aryl methyl sites for hydroxylation is 1. The zero-order valence-corrected chi connectivity index (χ0v) is 14.8. The number of anilines is 1. The molecule has 4 rings (SSSR count). The highest BCUT2D eigenvalue weighted by atomic mass is 32.1. The fraction of sp³-hybridized carbons (Fsp3) is 0.667. The third kappa shape index (κ3) is 2.91. The lowest BCUT2D eigenvalue weighted by Crippen LogP contribution is -2.46. The second-order valence-electron chi connectivity index (χ2n) is 7.09. The molecule has 1 aromatic rings. The van der Waals surface area contributed by atoms with Gasteiger partial charge in [-0.25, -0.2) is 0 Å². The normalized spacial score (nSPS) is 26.2. The van der Waals surface area contributed by atoms with Crippen LogP contribution in [-0.2, 0) is 17.6 Å². The van der Waals surface area contributed by atoms with Crippen LogP contribution < -0.4 is 15.5 Å². The molecule has 2 unspecified atom stereocenters. The maximum absolute atomic E-state index is 12.3. The highest BCUT2D eigenvalue weighted by molar-refractivity contribution is 7.16. The summed E-state index contributed by atoms with van der Waals surface area (Å²) in [6, 6.07) is 2.64. The van der Waals surface area contributed by atoms with Crippen molar-refractivity contribution in [2.45, 2.75) is 57.0 Å². The molecule has 6 heteroatoms. The lowest BCUT2D eigenvalue weighted by molar-refractivity contribution is -0.123. The maximum atomic E-state index is 12.3. The molecule has 2 saturated heterocycles. The van der Waals surface area contributed by atoms with Gasteiger partial charge in [0.05, 0.1) is 11.6 Å². The van der Waals surface area contributed by atoms with Gasteiger partial charge < -0.3 is 15.5 Å². The van der Waals surface area contributed by atoms with Gasteiger partial charge in [-0.2, -0.15) is 5.26 Å². The molecular formula is C18H24N4OS. The molecule has 0 spiro atoms. The molecule has 3 heterocycles. The predicted molar refractivity (Wildman–Crippen MR) is 95.5 cm³/mol. The number of rotatable bonds is 3. The van der Waals surface area contributed by atoms with Gasteiger partial charge >= 0.3 is 0 Å². The van der Waals surface area contributed by atoms with Crippen LogP contribution in [0.1, 0.15) is 48.1 Å². The first-order chi connectivity index (χ1) is 11.8. The molecule has 24 heavy (non-hydrogen) atoms. The molecule has 5 nitrogen and oxygen atoms in total. The molecule has 2 atom stereocenters. The van der Waals surface area contributed by atoms with Crippen LogP contribution in [0.4, 0.5) is 5.00 Å². The molecule has 128 valence electrons. The summed E-state index contributed by atoms with van der Waals surface area (Å²) >= 11 is 1.81. The largest absolute Gasteiger partial charge is 0.360 e. The number of fused-ring (bicyclic) bond motifs is 1. The van der Waals surface area contributed by atoms with E-state index in [4.69, 9.17) is 0 Å². The van der Waals surface area contributed by atoms with Gasteiger partial charge in [-0.1, -0.05) is 0 Å². The van der Waals surface area contributed by atoms with Gasteiger partial charge in [0.15, 0.2) is 0 Å². The van der Waals surface area contributed by atoms with E-state index in [-0.39, 0.29) is 18.0 Å². The molecule has 1 aromatic heterocycles. The molecule has 2 N–H and O–H groups in total. The van der Waals surface area contributed by atoms with Gasteiger partial charge in [0.25, 0.3) is 0 Å². The summed E-state index contributed by atoms with van der Waals surface area (Å²) in [5, 5.41) is 17.2. The summed E-state index contributed by atoms with van der Waals surface area (Å²) in [7, 11) is 0. The van der Waals surface area contributed by atoms with E-state index in [9.17, 15) is 10.1 Å². The van der Waals surface area contributed by atoms with Gasteiger partial charge in [0.2, 0.25) is 5.91 Å². The van der Waals surface area contributed by atoms with Crippen LogP contribution in [0.3, 0.4) is 0 Å². The number of amides is 1. The lowest BCUT2D eigenvalue weighted by atomic mass is 9.96. The number of carbonyl (C=O) groups is 1. The molecule has 2 fully saturated rings. The van der Waals surface area contributed by atoms with Crippen LogP contribution in [0.2, 0.25) is 0 Å². The Balaban J connectivity index is 1.44. The summed E-state index contributed by atoms with van der Waals surface area (Å²) in [6.45, 7) is 2.70. The smallest absolute Gasteiger partial charge is 0.237 e. The second-order valence-corrected chi connectivity index (χ2v) is 8.18. The molecule has 1 aliphatic carbocycles. The van der Waals surface area contributed by atoms with E-state index in [0.717, 1.165) is 62.3 Å². The first kappa shape index (κ1) is 15.9. The average molecular weight is 344 g/mol. The Morgan fingerprint density at radius 2 is 2.17 bits per heavy atom.